The van der Waals surface area contributed by atoms with Gasteiger partial charge >= 0.3 is 0 Å². The number of rotatable bonds is 5. The van der Waals surface area contributed by atoms with Crippen LogP contribution in [0, 0.1) is 5.92 Å². The van der Waals surface area contributed by atoms with Gasteiger partial charge in [0.2, 0.25) is 26.0 Å². The van der Waals surface area contributed by atoms with Gasteiger partial charge in [-0.1, -0.05) is 13.0 Å². The van der Waals surface area contributed by atoms with Crippen molar-refractivity contribution in [1.82, 2.24) is 4.72 Å². The molecular formula is C15H16N2O5S3. The summed E-state index contributed by atoms with van der Waals surface area (Å²) in [4.78, 5) is 12.9. The summed E-state index contributed by atoms with van der Waals surface area (Å²) in [6, 6.07) is 8.88. The number of hydrogen-bond donors (Lipinski definition) is 1. The number of sulfonamides is 2. The number of benzene rings is 1. The first-order valence-electron chi connectivity index (χ1n) is 7.40. The van der Waals surface area contributed by atoms with Crippen molar-refractivity contribution in [1.29, 1.82) is 0 Å². The lowest BCUT2D eigenvalue weighted by molar-refractivity contribution is -0.119. The van der Waals surface area contributed by atoms with Crippen molar-refractivity contribution in [3.05, 3.63) is 46.7 Å². The number of carbonyl (C=O) groups is 1. The van der Waals surface area contributed by atoms with Crippen LogP contribution in [-0.2, 0) is 31.4 Å². The van der Waals surface area contributed by atoms with E-state index in [-0.39, 0.29) is 22.9 Å². The molecular weight excluding hydrogens is 384 g/mol. The Morgan fingerprint density at radius 3 is 2.44 bits per heavy atom. The third kappa shape index (κ3) is 3.61. The highest BCUT2D eigenvalue weighted by molar-refractivity contribution is 7.94. The van der Waals surface area contributed by atoms with Crippen LogP contribution in [-0.4, -0.2) is 28.5 Å². The van der Waals surface area contributed by atoms with Gasteiger partial charge in [-0.25, -0.2) is 25.9 Å². The lowest BCUT2D eigenvalue weighted by Gasteiger charge is -2.15. The molecule has 1 aromatic carbocycles. The molecule has 2 aromatic rings. The van der Waals surface area contributed by atoms with E-state index in [1.165, 1.54) is 35.6 Å². The van der Waals surface area contributed by atoms with E-state index in [0.29, 0.717) is 0 Å². The normalized spacial score (nSPS) is 20.1. The first-order chi connectivity index (χ1) is 11.7. The van der Waals surface area contributed by atoms with E-state index in [0.717, 1.165) is 9.18 Å². The van der Waals surface area contributed by atoms with Gasteiger partial charge in [-0.05, 0) is 35.7 Å². The van der Waals surface area contributed by atoms with Crippen molar-refractivity contribution in [3.8, 4) is 0 Å². The third-order valence-corrected chi connectivity index (χ3v) is 7.92. The van der Waals surface area contributed by atoms with Crippen molar-refractivity contribution in [2.75, 3.05) is 10.1 Å². The number of carbonyl (C=O) groups excluding carboxylic acids is 1. The summed E-state index contributed by atoms with van der Waals surface area (Å²) in [5.74, 6) is -1.36. The van der Waals surface area contributed by atoms with Gasteiger partial charge in [-0.2, -0.15) is 0 Å². The van der Waals surface area contributed by atoms with E-state index < -0.39 is 31.9 Å². The van der Waals surface area contributed by atoms with Crippen LogP contribution in [0.15, 0.2) is 46.7 Å². The van der Waals surface area contributed by atoms with Crippen LogP contribution in [0.4, 0.5) is 5.69 Å². The third-order valence-electron chi connectivity index (χ3n) is 3.76. The van der Waals surface area contributed by atoms with Gasteiger partial charge in [-0.15, -0.1) is 11.3 Å². The molecule has 3 rings (SSSR count). The number of nitrogens with one attached hydrogen (secondary N) is 1. The predicted octanol–water partition coefficient (Wildman–Crippen LogP) is 1.54. The highest BCUT2D eigenvalue weighted by Crippen LogP contribution is 2.29. The Morgan fingerprint density at radius 2 is 1.92 bits per heavy atom. The summed E-state index contributed by atoms with van der Waals surface area (Å²) >= 11 is 1.44. The standard InChI is InChI=1S/C15H16N2O5S3/c1-11-10-24(19,20)17(15(11)18)12-4-6-14(7-5-12)25(21,22)16-9-13-3-2-8-23-13/h2-8,11,16H,9-10H2,1H3/t11-/m0/s1. The smallest absolute Gasteiger partial charge is 0.244 e. The molecule has 0 unspecified atom stereocenters. The lowest BCUT2D eigenvalue weighted by Crippen LogP contribution is -2.30. The van der Waals surface area contributed by atoms with Gasteiger partial charge < -0.3 is 0 Å². The van der Waals surface area contributed by atoms with Crippen molar-refractivity contribution in [2.24, 2.45) is 5.92 Å². The number of thiophene rings is 1. The molecule has 0 bridgehead atoms. The van der Waals surface area contributed by atoms with Crippen LogP contribution in [0.5, 0.6) is 0 Å². The summed E-state index contributed by atoms with van der Waals surface area (Å²) in [6.07, 6.45) is 0. The van der Waals surface area contributed by atoms with Crippen LogP contribution >= 0.6 is 11.3 Å². The Balaban J connectivity index is 1.81. The molecule has 1 saturated heterocycles. The number of nitrogens with zero attached hydrogens (tertiary/aromatic N) is 1. The van der Waals surface area contributed by atoms with E-state index in [1.807, 2.05) is 17.5 Å². The first-order valence-corrected chi connectivity index (χ1v) is 11.4. The van der Waals surface area contributed by atoms with Crippen LogP contribution in [0.3, 0.4) is 0 Å². The molecule has 25 heavy (non-hydrogen) atoms. The molecule has 2 heterocycles. The molecule has 1 aliphatic heterocycles. The van der Waals surface area contributed by atoms with Gasteiger partial charge in [-0.3, -0.25) is 4.79 Å². The lowest BCUT2D eigenvalue weighted by atomic mass is 10.2. The van der Waals surface area contributed by atoms with Gasteiger partial charge in [0, 0.05) is 11.4 Å². The Morgan fingerprint density at radius 1 is 1.24 bits per heavy atom. The van der Waals surface area contributed by atoms with Crippen molar-refractivity contribution in [3.63, 3.8) is 0 Å². The molecule has 0 saturated carbocycles. The number of anilines is 1. The van der Waals surface area contributed by atoms with Crippen LogP contribution < -0.4 is 9.03 Å². The highest BCUT2D eigenvalue weighted by atomic mass is 32.2. The molecule has 0 aliphatic carbocycles. The average Bonchev–Trinajstić information content (AvgIpc) is 3.12. The zero-order valence-electron chi connectivity index (χ0n) is 13.2. The molecule has 1 atom stereocenters. The second kappa shape index (κ2) is 6.52. The summed E-state index contributed by atoms with van der Waals surface area (Å²) in [5.41, 5.74) is 0.145. The van der Waals surface area contributed by atoms with E-state index >= 15 is 0 Å². The van der Waals surface area contributed by atoms with Gasteiger partial charge in [0.15, 0.2) is 0 Å². The fourth-order valence-corrected chi connectivity index (χ4v) is 6.07. The molecule has 0 spiro atoms. The number of hydrogen-bond acceptors (Lipinski definition) is 6. The first kappa shape index (κ1) is 18.1. The minimum absolute atomic E-state index is 0.00454. The number of amides is 1. The minimum Gasteiger partial charge on any atom is -0.273 e. The van der Waals surface area contributed by atoms with E-state index in [1.54, 1.807) is 6.92 Å². The monoisotopic (exact) mass is 400 g/mol. The quantitative estimate of drug-likeness (QED) is 0.820. The van der Waals surface area contributed by atoms with Crippen molar-refractivity contribution < 1.29 is 21.6 Å². The largest absolute Gasteiger partial charge is 0.273 e. The summed E-state index contributed by atoms with van der Waals surface area (Å²) in [7, 11) is -7.43. The molecule has 1 fully saturated rings. The minimum atomic E-state index is -3.73. The fourth-order valence-electron chi connectivity index (χ4n) is 2.51. The molecule has 7 nitrogen and oxygen atoms in total. The molecule has 10 heteroatoms. The average molecular weight is 401 g/mol. The maximum absolute atomic E-state index is 12.3. The zero-order valence-corrected chi connectivity index (χ0v) is 15.7. The SMILES string of the molecule is C[C@H]1CS(=O)(=O)N(c2ccc(S(=O)(=O)NCc3cccs3)cc2)C1=O. The second-order valence-electron chi connectivity index (χ2n) is 5.68. The van der Waals surface area contributed by atoms with Gasteiger partial charge in [0.05, 0.1) is 22.3 Å². The summed E-state index contributed by atoms with van der Waals surface area (Å²) in [5, 5.41) is 1.85. The topological polar surface area (TPSA) is 101 Å². The van der Waals surface area contributed by atoms with E-state index in [2.05, 4.69) is 4.72 Å². The van der Waals surface area contributed by atoms with Crippen LogP contribution in [0.2, 0.25) is 0 Å². The molecule has 1 aromatic heterocycles. The zero-order chi connectivity index (χ0) is 18.2. The van der Waals surface area contributed by atoms with Crippen molar-refractivity contribution in [2.45, 2.75) is 18.4 Å². The summed E-state index contributed by atoms with van der Waals surface area (Å²) in [6.45, 7) is 1.73. The molecule has 1 amide bonds. The van der Waals surface area contributed by atoms with E-state index in [9.17, 15) is 21.6 Å². The summed E-state index contributed by atoms with van der Waals surface area (Å²) < 4.78 is 52.0. The Kier molecular flexibility index (Phi) is 4.71. The molecule has 1 N–H and O–H groups in total. The fraction of sp³-hybridized carbons (Fsp3) is 0.267. The Hall–Kier alpha value is -1.75. The predicted molar refractivity (Wildman–Crippen MR) is 95.2 cm³/mol. The van der Waals surface area contributed by atoms with Gasteiger partial charge in [0.1, 0.15) is 0 Å². The van der Waals surface area contributed by atoms with Crippen LogP contribution in [0.25, 0.3) is 0 Å². The second-order valence-corrected chi connectivity index (χ2v) is 10.3. The maximum Gasteiger partial charge on any atom is 0.244 e. The maximum atomic E-state index is 12.3. The molecule has 1 aliphatic rings. The Labute approximate surface area is 150 Å². The molecule has 134 valence electrons. The van der Waals surface area contributed by atoms with Gasteiger partial charge in [0.25, 0.3) is 0 Å². The van der Waals surface area contributed by atoms with Crippen LogP contribution in [0.1, 0.15) is 11.8 Å². The van der Waals surface area contributed by atoms with E-state index in [4.69, 9.17) is 0 Å². The highest BCUT2D eigenvalue weighted by Gasteiger charge is 2.41. The molecule has 0 radical (unpaired) electrons. The van der Waals surface area contributed by atoms with Crippen molar-refractivity contribution >= 4 is 43.0 Å². The Bertz CT molecular complexity index is 980.